The van der Waals surface area contributed by atoms with E-state index >= 15 is 0 Å². The molecular formula is C24H34N4O4. The summed E-state index contributed by atoms with van der Waals surface area (Å²) in [4.78, 5) is 11.2. The molecule has 8 nitrogen and oxygen atoms in total. The Labute approximate surface area is 190 Å². The second-order valence-electron chi connectivity index (χ2n) is 7.56. The van der Waals surface area contributed by atoms with Gasteiger partial charge in [-0.15, -0.1) is 0 Å². The van der Waals surface area contributed by atoms with Gasteiger partial charge in [0.1, 0.15) is 0 Å². The van der Waals surface area contributed by atoms with Crippen molar-refractivity contribution < 1.29 is 18.9 Å². The van der Waals surface area contributed by atoms with Gasteiger partial charge >= 0.3 is 0 Å². The van der Waals surface area contributed by atoms with Crippen LogP contribution in [0.5, 0.6) is 17.4 Å². The van der Waals surface area contributed by atoms with Crippen molar-refractivity contribution in [3.63, 3.8) is 0 Å². The fourth-order valence-corrected chi connectivity index (χ4v) is 3.56. The maximum Gasteiger partial charge on any atom is 0.219 e. The van der Waals surface area contributed by atoms with Crippen LogP contribution in [0.2, 0.25) is 0 Å². The van der Waals surface area contributed by atoms with Crippen molar-refractivity contribution in [2.45, 2.75) is 19.9 Å². The van der Waals surface area contributed by atoms with Crippen molar-refractivity contribution in [3.8, 4) is 17.4 Å². The van der Waals surface area contributed by atoms with E-state index < -0.39 is 0 Å². The molecule has 0 spiro atoms. The molecule has 1 aliphatic rings. The van der Waals surface area contributed by atoms with Crippen LogP contribution in [0.3, 0.4) is 0 Å². The Hall–Kier alpha value is -2.84. The van der Waals surface area contributed by atoms with Gasteiger partial charge in [0.25, 0.3) is 0 Å². The number of aliphatic imine (C=N–C) groups is 1. The molecule has 0 radical (unpaired) electrons. The molecule has 0 amide bonds. The lowest BCUT2D eigenvalue weighted by molar-refractivity contribution is 0.0536. The number of benzene rings is 1. The maximum absolute atomic E-state index is 5.90. The summed E-state index contributed by atoms with van der Waals surface area (Å²) in [5, 5.41) is 3.43. The summed E-state index contributed by atoms with van der Waals surface area (Å²) in [6.07, 6.45) is 2.92. The highest BCUT2D eigenvalue weighted by molar-refractivity contribution is 5.80. The van der Waals surface area contributed by atoms with Crippen molar-refractivity contribution in [1.29, 1.82) is 0 Å². The number of hydrogen-bond acceptors (Lipinski definition) is 6. The average molecular weight is 443 g/mol. The summed E-state index contributed by atoms with van der Waals surface area (Å²) in [5.74, 6) is 3.31. The molecule has 2 heterocycles. The largest absolute Gasteiger partial charge is 0.490 e. The van der Waals surface area contributed by atoms with Crippen molar-refractivity contribution in [2.75, 3.05) is 53.7 Å². The first-order chi connectivity index (χ1) is 15.7. The Morgan fingerprint density at radius 1 is 1.19 bits per heavy atom. The molecule has 174 valence electrons. The maximum atomic E-state index is 5.90. The lowest BCUT2D eigenvalue weighted by Crippen LogP contribution is -2.39. The van der Waals surface area contributed by atoms with E-state index in [1.807, 2.05) is 56.6 Å². The van der Waals surface area contributed by atoms with Crippen LogP contribution in [0, 0.1) is 5.92 Å². The minimum absolute atomic E-state index is 0.517. The zero-order chi connectivity index (χ0) is 22.6. The number of para-hydroxylation sites is 2. The highest BCUT2D eigenvalue weighted by Gasteiger charge is 2.24. The third-order valence-corrected chi connectivity index (χ3v) is 5.19. The molecule has 1 N–H and O–H groups in total. The van der Waals surface area contributed by atoms with Gasteiger partial charge in [-0.1, -0.05) is 18.2 Å². The summed E-state index contributed by atoms with van der Waals surface area (Å²) in [6.45, 7) is 7.12. The monoisotopic (exact) mass is 442 g/mol. The number of rotatable bonds is 11. The van der Waals surface area contributed by atoms with Gasteiger partial charge in [0.05, 0.1) is 26.4 Å². The molecule has 0 aliphatic carbocycles. The van der Waals surface area contributed by atoms with Crippen LogP contribution < -0.4 is 14.8 Å². The first kappa shape index (κ1) is 23.8. The van der Waals surface area contributed by atoms with E-state index in [1.165, 1.54) is 0 Å². The third kappa shape index (κ3) is 7.10. The van der Waals surface area contributed by atoms with Gasteiger partial charge in [-0.25, -0.2) is 4.98 Å². The van der Waals surface area contributed by atoms with Gasteiger partial charge in [-0.3, -0.25) is 4.99 Å². The van der Waals surface area contributed by atoms with Crippen LogP contribution in [0.4, 0.5) is 0 Å². The highest BCUT2D eigenvalue weighted by atomic mass is 16.5. The summed E-state index contributed by atoms with van der Waals surface area (Å²) in [5.41, 5.74) is 1.05. The molecule has 3 rings (SSSR count). The molecular weight excluding hydrogens is 408 g/mol. The van der Waals surface area contributed by atoms with Crippen molar-refractivity contribution in [3.05, 3.63) is 48.2 Å². The normalized spacial score (nSPS) is 16.3. The summed E-state index contributed by atoms with van der Waals surface area (Å²) >= 11 is 0. The molecule has 1 saturated heterocycles. The fraction of sp³-hybridized carbons (Fsp3) is 0.500. The van der Waals surface area contributed by atoms with E-state index in [1.54, 1.807) is 7.11 Å². The number of nitrogens with zero attached hydrogens (tertiary/aromatic N) is 3. The van der Waals surface area contributed by atoms with Crippen molar-refractivity contribution in [1.82, 2.24) is 15.2 Å². The van der Waals surface area contributed by atoms with Crippen molar-refractivity contribution in [2.24, 2.45) is 10.9 Å². The van der Waals surface area contributed by atoms with E-state index in [4.69, 9.17) is 18.9 Å². The van der Waals surface area contributed by atoms with E-state index in [2.05, 4.69) is 20.2 Å². The topological polar surface area (TPSA) is 77.4 Å². The van der Waals surface area contributed by atoms with E-state index in [0.29, 0.717) is 49.7 Å². The van der Waals surface area contributed by atoms with Crippen LogP contribution >= 0.6 is 0 Å². The third-order valence-electron chi connectivity index (χ3n) is 5.19. The van der Waals surface area contributed by atoms with Gasteiger partial charge in [0.15, 0.2) is 17.5 Å². The van der Waals surface area contributed by atoms with Crippen LogP contribution in [0.15, 0.2) is 47.6 Å². The summed E-state index contributed by atoms with van der Waals surface area (Å²) < 4.78 is 22.2. The van der Waals surface area contributed by atoms with Crippen LogP contribution in [-0.2, 0) is 16.0 Å². The molecule has 8 heteroatoms. The molecule has 2 aromatic rings. The number of aromatic nitrogens is 1. The number of likely N-dealkylation sites (tertiary alicyclic amines) is 1. The number of guanidine groups is 1. The molecule has 1 fully saturated rings. The Bertz CT molecular complexity index is 844. The molecule has 1 atom stereocenters. The van der Waals surface area contributed by atoms with Crippen molar-refractivity contribution >= 4 is 5.96 Å². The Kier molecular flexibility index (Phi) is 9.59. The van der Waals surface area contributed by atoms with Gasteiger partial charge < -0.3 is 29.2 Å². The zero-order valence-corrected chi connectivity index (χ0v) is 19.3. The lowest BCUT2D eigenvalue weighted by atomic mass is 10.1. The Morgan fingerprint density at radius 2 is 2.03 bits per heavy atom. The standard InChI is InChI=1S/C24H34N4O4/c1-4-31-21-7-5-6-8-22(21)32-23-10-9-19(15-26-23)16-27-24(25-2)28-12-11-20(17-28)18-30-14-13-29-3/h5-10,15,20H,4,11-14,16-18H2,1-3H3,(H,25,27). The number of hydrogen-bond donors (Lipinski definition) is 1. The lowest BCUT2D eigenvalue weighted by Gasteiger charge is -2.21. The first-order valence-electron chi connectivity index (χ1n) is 11.1. The molecule has 1 aliphatic heterocycles. The number of nitrogens with one attached hydrogen (secondary N) is 1. The number of pyridine rings is 1. The van der Waals surface area contributed by atoms with Crippen LogP contribution in [0.25, 0.3) is 0 Å². The predicted octanol–water partition coefficient (Wildman–Crippen LogP) is 3.33. The Morgan fingerprint density at radius 3 is 2.75 bits per heavy atom. The highest BCUT2D eigenvalue weighted by Crippen LogP contribution is 2.30. The van der Waals surface area contributed by atoms with Crippen LogP contribution in [0.1, 0.15) is 18.9 Å². The van der Waals surface area contributed by atoms with Gasteiger partial charge in [0.2, 0.25) is 5.88 Å². The zero-order valence-electron chi connectivity index (χ0n) is 19.3. The summed E-state index contributed by atoms with van der Waals surface area (Å²) in [6, 6.07) is 11.5. The second kappa shape index (κ2) is 12.9. The van der Waals surface area contributed by atoms with Gasteiger partial charge in [-0.05, 0) is 31.0 Å². The molecule has 0 bridgehead atoms. The molecule has 1 unspecified atom stereocenters. The molecule has 1 aromatic heterocycles. The summed E-state index contributed by atoms with van der Waals surface area (Å²) in [7, 11) is 3.50. The van der Waals surface area contributed by atoms with Crippen LogP contribution in [-0.4, -0.2) is 69.5 Å². The molecule has 32 heavy (non-hydrogen) atoms. The number of ether oxygens (including phenoxy) is 4. The predicted molar refractivity (Wildman–Crippen MR) is 124 cm³/mol. The fourth-order valence-electron chi connectivity index (χ4n) is 3.56. The smallest absolute Gasteiger partial charge is 0.219 e. The molecule has 0 saturated carbocycles. The minimum atomic E-state index is 0.517. The minimum Gasteiger partial charge on any atom is -0.490 e. The quantitative estimate of drug-likeness (QED) is 0.325. The van der Waals surface area contributed by atoms with Gasteiger partial charge in [0, 0.05) is 52.0 Å². The van der Waals surface area contributed by atoms with Gasteiger partial charge in [-0.2, -0.15) is 0 Å². The average Bonchev–Trinajstić information content (AvgIpc) is 3.28. The van der Waals surface area contributed by atoms with E-state index in [9.17, 15) is 0 Å². The molecule has 1 aromatic carbocycles. The Balaban J connectivity index is 1.47. The van der Waals surface area contributed by atoms with E-state index in [-0.39, 0.29) is 0 Å². The second-order valence-corrected chi connectivity index (χ2v) is 7.56. The van der Waals surface area contributed by atoms with E-state index in [0.717, 1.165) is 37.6 Å². The first-order valence-corrected chi connectivity index (χ1v) is 11.1. The number of methoxy groups -OCH3 is 1. The SMILES string of the molecule is CCOc1ccccc1Oc1ccc(CNC(=NC)N2CCC(COCCOC)C2)cn1.